The smallest absolute Gasteiger partial charge is 0.137 e. The number of hydrogen-bond donors (Lipinski definition) is 1. The number of piperidine rings is 1. The van der Waals surface area contributed by atoms with Crippen molar-refractivity contribution in [2.45, 2.75) is 40.5 Å². The molecule has 1 aromatic heterocycles. The van der Waals surface area contributed by atoms with Crippen LogP contribution in [0.2, 0.25) is 0 Å². The summed E-state index contributed by atoms with van der Waals surface area (Å²) in [6.07, 6.45) is 4.16. The summed E-state index contributed by atoms with van der Waals surface area (Å²) >= 11 is 0. The van der Waals surface area contributed by atoms with Crippen LogP contribution in [-0.4, -0.2) is 30.1 Å². The lowest BCUT2D eigenvalue weighted by Crippen LogP contribution is -2.38. The Morgan fingerprint density at radius 1 is 1.21 bits per heavy atom. The van der Waals surface area contributed by atoms with Crippen molar-refractivity contribution >= 4 is 11.6 Å². The van der Waals surface area contributed by atoms with E-state index >= 15 is 0 Å². The molecule has 0 radical (unpaired) electrons. The van der Waals surface area contributed by atoms with Gasteiger partial charge in [0.05, 0.1) is 0 Å². The lowest BCUT2D eigenvalue weighted by molar-refractivity contribution is 0.198. The van der Waals surface area contributed by atoms with Crippen LogP contribution in [0.1, 0.15) is 39.2 Å². The number of aromatic nitrogens is 2. The molecule has 0 aromatic carbocycles. The van der Waals surface area contributed by atoms with Crippen LogP contribution in [-0.2, 0) is 0 Å². The van der Waals surface area contributed by atoms with Gasteiger partial charge >= 0.3 is 0 Å². The Bertz CT molecular complexity index is 428. The number of hydrogen-bond acceptors (Lipinski definition) is 4. The average Bonchev–Trinajstić information content (AvgIpc) is 2.38. The highest BCUT2D eigenvalue weighted by molar-refractivity contribution is 5.57. The number of nitrogens with zero attached hydrogens (tertiary/aromatic N) is 3. The van der Waals surface area contributed by atoms with Crippen LogP contribution >= 0.6 is 0 Å². The lowest BCUT2D eigenvalue weighted by atomic mass is 9.75. The third kappa shape index (κ3) is 2.99. The van der Waals surface area contributed by atoms with Gasteiger partial charge in [0.25, 0.3) is 0 Å². The maximum atomic E-state index is 4.47. The zero-order valence-electron chi connectivity index (χ0n) is 12.8. The molecular formula is C15H26N4. The van der Waals surface area contributed by atoms with Crippen molar-refractivity contribution in [2.24, 2.45) is 11.3 Å². The third-order valence-corrected chi connectivity index (χ3v) is 4.31. The van der Waals surface area contributed by atoms with Gasteiger partial charge in [0.15, 0.2) is 0 Å². The fraction of sp³-hybridized carbons (Fsp3) is 0.733. The van der Waals surface area contributed by atoms with Gasteiger partial charge in [-0.2, -0.15) is 0 Å². The Morgan fingerprint density at radius 3 is 2.37 bits per heavy atom. The van der Waals surface area contributed by atoms with E-state index in [2.05, 4.69) is 47.9 Å². The first-order valence-corrected chi connectivity index (χ1v) is 7.17. The molecule has 2 rings (SSSR count). The lowest BCUT2D eigenvalue weighted by Gasteiger charge is -2.39. The van der Waals surface area contributed by atoms with E-state index < -0.39 is 0 Å². The molecule has 0 atom stereocenters. The Kier molecular flexibility index (Phi) is 3.97. The van der Waals surface area contributed by atoms with E-state index in [9.17, 15) is 0 Å². The molecule has 0 spiro atoms. The Balaban J connectivity index is 2.10. The molecule has 1 aliphatic heterocycles. The molecule has 0 unspecified atom stereocenters. The summed E-state index contributed by atoms with van der Waals surface area (Å²) in [4.78, 5) is 11.1. The van der Waals surface area contributed by atoms with Crippen molar-refractivity contribution in [2.75, 3.05) is 30.4 Å². The summed E-state index contributed by atoms with van der Waals surface area (Å²) < 4.78 is 0. The van der Waals surface area contributed by atoms with Crippen LogP contribution in [0.3, 0.4) is 0 Å². The number of rotatable bonds is 2. The monoisotopic (exact) mass is 262 g/mol. The summed E-state index contributed by atoms with van der Waals surface area (Å²) in [6.45, 7) is 11.3. The van der Waals surface area contributed by atoms with Crippen molar-refractivity contribution < 1.29 is 0 Å². The van der Waals surface area contributed by atoms with E-state index in [1.807, 2.05) is 7.05 Å². The second kappa shape index (κ2) is 5.35. The maximum absolute atomic E-state index is 4.47. The van der Waals surface area contributed by atoms with Gasteiger partial charge < -0.3 is 10.2 Å². The SMILES string of the molecule is CNc1ncnc(N2CCC(C(C)(C)C)CC2)c1C. The molecule has 1 fully saturated rings. The molecule has 0 bridgehead atoms. The van der Waals surface area contributed by atoms with E-state index in [0.29, 0.717) is 5.41 Å². The van der Waals surface area contributed by atoms with Crippen molar-refractivity contribution in [3.05, 3.63) is 11.9 Å². The molecule has 4 nitrogen and oxygen atoms in total. The minimum Gasteiger partial charge on any atom is -0.373 e. The topological polar surface area (TPSA) is 41.1 Å². The highest BCUT2D eigenvalue weighted by atomic mass is 15.2. The normalized spacial score (nSPS) is 17.6. The standard InChI is InChI=1S/C15H26N4/c1-11-13(16-5)17-10-18-14(11)19-8-6-12(7-9-19)15(2,3)4/h10,12H,6-9H2,1-5H3,(H,16,17,18). The van der Waals surface area contributed by atoms with Crippen molar-refractivity contribution in [3.63, 3.8) is 0 Å². The molecule has 106 valence electrons. The van der Waals surface area contributed by atoms with E-state index in [1.165, 1.54) is 12.8 Å². The molecule has 1 N–H and O–H groups in total. The third-order valence-electron chi connectivity index (χ3n) is 4.31. The predicted molar refractivity (Wildman–Crippen MR) is 80.7 cm³/mol. The Hall–Kier alpha value is -1.32. The average molecular weight is 262 g/mol. The first kappa shape index (κ1) is 14.1. The van der Waals surface area contributed by atoms with E-state index in [0.717, 1.165) is 36.2 Å². The van der Waals surface area contributed by atoms with Crippen LogP contribution in [0.25, 0.3) is 0 Å². The molecule has 4 heteroatoms. The molecule has 1 saturated heterocycles. The largest absolute Gasteiger partial charge is 0.373 e. The summed E-state index contributed by atoms with van der Waals surface area (Å²) in [7, 11) is 1.91. The van der Waals surface area contributed by atoms with Gasteiger partial charge in [-0.15, -0.1) is 0 Å². The summed E-state index contributed by atoms with van der Waals surface area (Å²) in [5.74, 6) is 2.84. The van der Waals surface area contributed by atoms with Crippen molar-refractivity contribution in [1.82, 2.24) is 9.97 Å². The molecule has 19 heavy (non-hydrogen) atoms. The van der Waals surface area contributed by atoms with Crippen molar-refractivity contribution in [1.29, 1.82) is 0 Å². The van der Waals surface area contributed by atoms with Gasteiger partial charge in [-0.05, 0) is 31.1 Å². The van der Waals surface area contributed by atoms with Crippen LogP contribution in [0.5, 0.6) is 0 Å². The molecule has 2 heterocycles. The second-order valence-corrected chi connectivity index (χ2v) is 6.55. The number of anilines is 2. The summed E-state index contributed by atoms with van der Waals surface area (Å²) in [5, 5.41) is 3.13. The van der Waals surface area contributed by atoms with E-state index in [1.54, 1.807) is 6.33 Å². The van der Waals surface area contributed by atoms with E-state index in [4.69, 9.17) is 0 Å². The Morgan fingerprint density at radius 2 is 1.84 bits per heavy atom. The van der Waals surface area contributed by atoms with Gasteiger partial charge in [0.2, 0.25) is 0 Å². The molecule has 0 amide bonds. The van der Waals surface area contributed by atoms with Crippen LogP contribution in [0.15, 0.2) is 6.33 Å². The van der Waals surface area contributed by atoms with Crippen molar-refractivity contribution in [3.8, 4) is 0 Å². The zero-order chi connectivity index (χ0) is 14.0. The minimum atomic E-state index is 0.420. The van der Waals surface area contributed by atoms with Gasteiger partial charge in [-0.25, -0.2) is 9.97 Å². The Labute approximate surface area is 116 Å². The van der Waals surface area contributed by atoms with E-state index in [-0.39, 0.29) is 0 Å². The molecule has 1 aromatic rings. The zero-order valence-corrected chi connectivity index (χ0v) is 12.8. The second-order valence-electron chi connectivity index (χ2n) is 6.55. The van der Waals surface area contributed by atoms with Gasteiger partial charge in [-0.3, -0.25) is 0 Å². The molecule has 0 saturated carbocycles. The van der Waals surface area contributed by atoms with Crippen LogP contribution < -0.4 is 10.2 Å². The van der Waals surface area contributed by atoms with Gasteiger partial charge in [0, 0.05) is 25.7 Å². The van der Waals surface area contributed by atoms with Gasteiger partial charge in [0.1, 0.15) is 18.0 Å². The molecule has 1 aliphatic rings. The quantitative estimate of drug-likeness (QED) is 0.889. The highest BCUT2D eigenvalue weighted by Crippen LogP contribution is 2.36. The first-order chi connectivity index (χ1) is 8.93. The van der Waals surface area contributed by atoms with Crippen LogP contribution in [0, 0.1) is 18.3 Å². The summed E-state index contributed by atoms with van der Waals surface area (Å²) in [6, 6.07) is 0. The summed E-state index contributed by atoms with van der Waals surface area (Å²) in [5.41, 5.74) is 1.57. The molecular weight excluding hydrogens is 236 g/mol. The minimum absolute atomic E-state index is 0.420. The molecule has 0 aliphatic carbocycles. The first-order valence-electron chi connectivity index (χ1n) is 7.17. The number of nitrogens with one attached hydrogen (secondary N) is 1. The fourth-order valence-corrected chi connectivity index (χ4v) is 2.97. The highest BCUT2D eigenvalue weighted by Gasteiger charge is 2.29. The van der Waals surface area contributed by atoms with Gasteiger partial charge in [-0.1, -0.05) is 20.8 Å². The fourth-order valence-electron chi connectivity index (χ4n) is 2.97. The van der Waals surface area contributed by atoms with Crippen LogP contribution in [0.4, 0.5) is 11.6 Å². The maximum Gasteiger partial charge on any atom is 0.137 e. The predicted octanol–water partition coefficient (Wildman–Crippen LogP) is 3.09.